The SMILES string of the molecule is CCNC(=NCCC(C)C)NCCn1ccnc1. The topological polar surface area (TPSA) is 54.2 Å². The van der Waals surface area contributed by atoms with Gasteiger partial charge in [-0.25, -0.2) is 4.98 Å². The van der Waals surface area contributed by atoms with Crippen molar-refractivity contribution in [3.8, 4) is 0 Å². The molecule has 1 aromatic heterocycles. The van der Waals surface area contributed by atoms with Crippen LogP contribution in [-0.4, -0.2) is 35.1 Å². The maximum atomic E-state index is 4.54. The van der Waals surface area contributed by atoms with Crippen molar-refractivity contribution in [2.24, 2.45) is 10.9 Å². The van der Waals surface area contributed by atoms with Gasteiger partial charge in [-0.15, -0.1) is 0 Å². The van der Waals surface area contributed by atoms with Crippen LogP contribution in [0.1, 0.15) is 27.2 Å². The number of hydrogen-bond donors (Lipinski definition) is 2. The molecule has 0 atom stereocenters. The molecule has 0 fully saturated rings. The fourth-order valence-corrected chi connectivity index (χ4v) is 1.50. The van der Waals surface area contributed by atoms with Gasteiger partial charge in [0.05, 0.1) is 6.33 Å². The predicted molar refractivity (Wildman–Crippen MR) is 75.7 cm³/mol. The molecule has 0 aromatic carbocycles. The third kappa shape index (κ3) is 6.27. The second kappa shape index (κ2) is 8.55. The van der Waals surface area contributed by atoms with E-state index in [4.69, 9.17) is 0 Å². The van der Waals surface area contributed by atoms with Gasteiger partial charge in [0.2, 0.25) is 0 Å². The number of aromatic nitrogens is 2. The Bertz CT molecular complexity index is 329. The van der Waals surface area contributed by atoms with Gasteiger partial charge in [0.1, 0.15) is 0 Å². The van der Waals surface area contributed by atoms with Crippen molar-refractivity contribution in [2.45, 2.75) is 33.7 Å². The Morgan fingerprint density at radius 3 is 2.83 bits per heavy atom. The first-order valence-electron chi connectivity index (χ1n) is 6.70. The Labute approximate surface area is 110 Å². The van der Waals surface area contributed by atoms with Crippen molar-refractivity contribution >= 4 is 5.96 Å². The summed E-state index contributed by atoms with van der Waals surface area (Å²) in [5, 5.41) is 6.57. The van der Waals surface area contributed by atoms with Crippen LogP contribution in [0, 0.1) is 5.92 Å². The van der Waals surface area contributed by atoms with Gasteiger partial charge >= 0.3 is 0 Å². The van der Waals surface area contributed by atoms with Gasteiger partial charge in [-0.2, -0.15) is 0 Å². The van der Waals surface area contributed by atoms with Crippen LogP contribution >= 0.6 is 0 Å². The van der Waals surface area contributed by atoms with E-state index in [1.807, 2.05) is 17.1 Å². The predicted octanol–water partition coefficient (Wildman–Crippen LogP) is 1.48. The average Bonchev–Trinajstić information content (AvgIpc) is 2.81. The Morgan fingerprint density at radius 2 is 2.22 bits per heavy atom. The first-order valence-corrected chi connectivity index (χ1v) is 6.70. The van der Waals surface area contributed by atoms with Crippen LogP contribution < -0.4 is 10.6 Å². The summed E-state index contributed by atoms with van der Waals surface area (Å²) in [6, 6.07) is 0. The Balaban J connectivity index is 2.28. The molecular weight excluding hydrogens is 226 g/mol. The van der Waals surface area contributed by atoms with Crippen molar-refractivity contribution in [2.75, 3.05) is 19.6 Å². The van der Waals surface area contributed by atoms with E-state index < -0.39 is 0 Å². The minimum atomic E-state index is 0.697. The van der Waals surface area contributed by atoms with E-state index >= 15 is 0 Å². The van der Waals surface area contributed by atoms with Crippen LogP contribution in [0.3, 0.4) is 0 Å². The molecule has 1 heterocycles. The second-order valence-corrected chi connectivity index (χ2v) is 4.67. The van der Waals surface area contributed by atoms with Crippen molar-refractivity contribution in [1.29, 1.82) is 0 Å². The lowest BCUT2D eigenvalue weighted by Gasteiger charge is -2.11. The van der Waals surface area contributed by atoms with Crippen molar-refractivity contribution in [3.63, 3.8) is 0 Å². The lowest BCUT2D eigenvalue weighted by Crippen LogP contribution is -2.38. The summed E-state index contributed by atoms with van der Waals surface area (Å²) < 4.78 is 2.05. The first kappa shape index (κ1) is 14.5. The lowest BCUT2D eigenvalue weighted by atomic mass is 10.1. The minimum absolute atomic E-state index is 0.697. The fourth-order valence-electron chi connectivity index (χ4n) is 1.50. The smallest absolute Gasteiger partial charge is 0.191 e. The standard InChI is InChI=1S/C13H25N5/c1-4-15-13(16-6-5-12(2)3)17-8-10-18-9-7-14-11-18/h7,9,11-12H,4-6,8,10H2,1-3H3,(H2,15,16,17). The molecule has 0 aliphatic carbocycles. The molecule has 0 saturated heterocycles. The van der Waals surface area contributed by atoms with Crippen LogP contribution in [0.4, 0.5) is 0 Å². The highest BCUT2D eigenvalue weighted by Crippen LogP contribution is 1.98. The van der Waals surface area contributed by atoms with Crippen LogP contribution in [0.15, 0.2) is 23.7 Å². The summed E-state index contributed by atoms with van der Waals surface area (Å²) in [6.07, 6.45) is 6.70. The van der Waals surface area contributed by atoms with Gasteiger partial charge < -0.3 is 15.2 Å². The maximum Gasteiger partial charge on any atom is 0.191 e. The molecule has 0 radical (unpaired) electrons. The zero-order valence-electron chi connectivity index (χ0n) is 11.7. The molecule has 1 aromatic rings. The summed E-state index contributed by atoms with van der Waals surface area (Å²) in [4.78, 5) is 8.56. The van der Waals surface area contributed by atoms with Gasteiger partial charge in [-0.3, -0.25) is 4.99 Å². The summed E-state index contributed by atoms with van der Waals surface area (Å²) in [7, 11) is 0. The largest absolute Gasteiger partial charge is 0.357 e. The summed E-state index contributed by atoms with van der Waals surface area (Å²) in [6.45, 7) is 10.0. The molecule has 0 saturated carbocycles. The second-order valence-electron chi connectivity index (χ2n) is 4.67. The van der Waals surface area contributed by atoms with E-state index in [1.54, 1.807) is 6.20 Å². The van der Waals surface area contributed by atoms with Crippen LogP contribution in [-0.2, 0) is 6.54 Å². The van der Waals surface area contributed by atoms with Crippen molar-refractivity contribution in [3.05, 3.63) is 18.7 Å². The van der Waals surface area contributed by atoms with Crippen molar-refractivity contribution < 1.29 is 0 Å². The number of nitrogens with one attached hydrogen (secondary N) is 2. The van der Waals surface area contributed by atoms with E-state index in [2.05, 4.69) is 41.4 Å². The summed E-state index contributed by atoms with van der Waals surface area (Å²) in [5.41, 5.74) is 0. The number of guanidine groups is 1. The van der Waals surface area contributed by atoms with Gasteiger partial charge in [-0.05, 0) is 19.3 Å². The Morgan fingerprint density at radius 1 is 1.39 bits per heavy atom. The molecule has 102 valence electrons. The van der Waals surface area contributed by atoms with Crippen LogP contribution in [0.5, 0.6) is 0 Å². The molecule has 0 unspecified atom stereocenters. The lowest BCUT2D eigenvalue weighted by molar-refractivity contribution is 0.593. The molecule has 0 aliphatic rings. The van der Waals surface area contributed by atoms with Crippen LogP contribution in [0.2, 0.25) is 0 Å². The molecule has 1 rings (SSSR count). The first-order chi connectivity index (χ1) is 8.72. The molecule has 18 heavy (non-hydrogen) atoms. The Hall–Kier alpha value is -1.52. The highest BCUT2D eigenvalue weighted by atomic mass is 15.2. The molecule has 0 bridgehead atoms. The highest BCUT2D eigenvalue weighted by Gasteiger charge is 1.97. The molecule has 0 aliphatic heterocycles. The van der Waals surface area contributed by atoms with Gasteiger partial charge in [0.15, 0.2) is 5.96 Å². The normalized spacial score (nSPS) is 11.9. The number of hydrogen-bond acceptors (Lipinski definition) is 2. The van der Waals surface area contributed by atoms with E-state index in [9.17, 15) is 0 Å². The highest BCUT2D eigenvalue weighted by molar-refractivity contribution is 5.79. The number of aliphatic imine (C=N–C) groups is 1. The minimum Gasteiger partial charge on any atom is -0.357 e. The molecular formula is C13H25N5. The van der Waals surface area contributed by atoms with Gasteiger partial charge in [0.25, 0.3) is 0 Å². The quantitative estimate of drug-likeness (QED) is 0.570. The van der Waals surface area contributed by atoms with E-state index in [0.29, 0.717) is 5.92 Å². The fraction of sp³-hybridized carbons (Fsp3) is 0.692. The monoisotopic (exact) mass is 251 g/mol. The number of imidazole rings is 1. The third-order valence-electron chi connectivity index (χ3n) is 2.54. The zero-order valence-corrected chi connectivity index (χ0v) is 11.7. The third-order valence-corrected chi connectivity index (χ3v) is 2.54. The molecule has 5 heteroatoms. The molecule has 0 amide bonds. The van der Waals surface area contributed by atoms with Crippen molar-refractivity contribution in [1.82, 2.24) is 20.2 Å². The van der Waals surface area contributed by atoms with E-state index in [0.717, 1.165) is 38.6 Å². The summed E-state index contributed by atoms with van der Waals surface area (Å²) >= 11 is 0. The van der Waals surface area contributed by atoms with Crippen LogP contribution in [0.25, 0.3) is 0 Å². The average molecular weight is 251 g/mol. The zero-order chi connectivity index (χ0) is 13.2. The van der Waals surface area contributed by atoms with Gasteiger partial charge in [-0.1, -0.05) is 13.8 Å². The molecule has 2 N–H and O–H groups in total. The maximum absolute atomic E-state index is 4.54. The van der Waals surface area contributed by atoms with E-state index in [1.165, 1.54) is 0 Å². The number of nitrogens with zero attached hydrogens (tertiary/aromatic N) is 3. The van der Waals surface area contributed by atoms with E-state index in [-0.39, 0.29) is 0 Å². The molecule has 0 spiro atoms. The Kier molecular flexibility index (Phi) is 6.91. The molecule has 5 nitrogen and oxygen atoms in total. The summed E-state index contributed by atoms with van der Waals surface area (Å²) in [5.74, 6) is 1.60. The number of rotatable bonds is 7. The van der Waals surface area contributed by atoms with Gasteiger partial charge in [0, 0.05) is 38.6 Å².